The van der Waals surface area contributed by atoms with Crippen LogP contribution in [0.2, 0.25) is 0 Å². The van der Waals surface area contributed by atoms with E-state index in [-0.39, 0.29) is 13.0 Å². The van der Waals surface area contributed by atoms with Crippen molar-refractivity contribution in [1.82, 2.24) is 0 Å². The maximum atomic E-state index is 10.3. The van der Waals surface area contributed by atoms with Crippen molar-refractivity contribution in [1.29, 1.82) is 0 Å². The molecule has 0 aliphatic carbocycles. The summed E-state index contributed by atoms with van der Waals surface area (Å²) in [4.78, 5) is 10.3. The van der Waals surface area contributed by atoms with Crippen LogP contribution in [-0.4, -0.2) is 54.2 Å². The largest absolute Gasteiger partial charge is 0.479 e. The zero-order valence-electron chi connectivity index (χ0n) is 7.29. The molecule has 1 atom stereocenters. The number of carboxylic acid groups (broad SMARTS) is 1. The smallest absolute Gasteiger partial charge is 0.335 e. The molecule has 0 bridgehead atoms. The Hall–Kier alpha value is -0.700. The molecule has 3 N–H and O–H groups in total. The van der Waals surface area contributed by atoms with Crippen molar-refractivity contribution >= 4 is 16.1 Å². The molecule has 0 saturated heterocycles. The van der Waals surface area contributed by atoms with E-state index in [2.05, 4.69) is 4.74 Å². The van der Waals surface area contributed by atoms with Gasteiger partial charge in [-0.2, -0.15) is 8.42 Å². The molecule has 0 rings (SSSR count). The van der Waals surface area contributed by atoms with Crippen LogP contribution in [0.25, 0.3) is 0 Å². The quantitative estimate of drug-likeness (QED) is 0.366. The maximum Gasteiger partial charge on any atom is 0.335 e. The van der Waals surface area contributed by atoms with Gasteiger partial charge in [-0.05, 0) is 6.42 Å². The van der Waals surface area contributed by atoms with Crippen molar-refractivity contribution < 1.29 is 32.7 Å². The number of hydrogen-bond donors (Lipinski definition) is 3. The van der Waals surface area contributed by atoms with Crippen LogP contribution < -0.4 is 0 Å². The minimum atomic E-state index is -4.04. The molecule has 0 aliphatic rings. The summed E-state index contributed by atoms with van der Waals surface area (Å²) in [6.07, 6.45) is -1.38. The molecule has 0 saturated carbocycles. The van der Waals surface area contributed by atoms with Crippen LogP contribution in [0.5, 0.6) is 0 Å². The monoisotopic (exact) mass is 228 g/mol. The van der Waals surface area contributed by atoms with Gasteiger partial charge in [-0.15, -0.1) is 0 Å². The summed E-state index contributed by atoms with van der Waals surface area (Å²) in [5.74, 6) is -1.82. The molecule has 0 fully saturated rings. The van der Waals surface area contributed by atoms with Crippen molar-refractivity contribution in [2.45, 2.75) is 12.5 Å². The molecule has 8 heteroatoms. The minimum Gasteiger partial charge on any atom is -0.479 e. The molecule has 0 amide bonds. The molecule has 0 spiro atoms. The molecule has 0 aromatic heterocycles. The van der Waals surface area contributed by atoms with Gasteiger partial charge in [0.25, 0.3) is 10.1 Å². The standard InChI is InChI=1S/C6H12O7S/c7-4-5(6(8)9)13-2-1-3-14(10,11)12/h5,7H,1-4H2,(H,8,9)(H,10,11,12). The first-order chi connectivity index (χ1) is 6.37. The molecule has 84 valence electrons. The molecule has 0 aromatic rings. The summed E-state index contributed by atoms with van der Waals surface area (Å²) in [6, 6.07) is 0. The fraction of sp³-hybridized carbons (Fsp3) is 0.833. The van der Waals surface area contributed by atoms with E-state index >= 15 is 0 Å². The van der Waals surface area contributed by atoms with E-state index in [1.807, 2.05) is 0 Å². The zero-order chi connectivity index (χ0) is 11.2. The van der Waals surface area contributed by atoms with Gasteiger partial charge in [-0.3, -0.25) is 4.55 Å². The number of aliphatic hydroxyl groups excluding tert-OH is 1. The van der Waals surface area contributed by atoms with Gasteiger partial charge in [0.15, 0.2) is 6.10 Å². The van der Waals surface area contributed by atoms with Crippen LogP contribution in [0, 0.1) is 0 Å². The van der Waals surface area contributed by atoms with E-state index in [4.69, 9.17) is 14.8 Å². The first-order valence-corrected chi connectivity index (χ1v) is 5.38. The molecular formula is C6H12O7S. The highest BCUT2D eigenvalue weighted by Gasteiger charge is 2.16. The number of aliphatic hydroxyl groups is 1. The number of hydrogen-bond acceptors (Lipinski definition) is 5. The Morgan fingerprint density at radius 2 is 2.00 bits per heavy atom. The second kappa shape index (κ2) is 5.91. The van der Waals surface area contributed by atoms with Crippen molar-refractivity contribution in [2.24, 2.45) is 0 Å². The maximum absolute atomic E-state index is 10.3. The van der Waals surface area contributed by atoms with E-state index in [9.17, 15) is 13.2 Å². The van der Waals surface area contributed by atoms with Gasteiger partial charge in [0.05, 0.1) is 12.4 Å². The lowest BCUT2D eigenvalue weighted by molar-refractivity contribution is -0.152. The van der Waals surface area contributed by atoms with Gasteiger partial charge in [0, 0.05) is 6.61 Å². The Bertz CT molecular complexity index is 270. The van der Waals surface area contributed by atoms with E-state index < -0.39 is 34.6 Å². The number of carbonyl (C=O) groups is 1. The molecule has 0 radical (unpaired) electrons. The third-order valence-electron chi connectivity index (χ3n) is 1.31. The fourth-order valence-corrected chi connectivity index (χ4v) is 1.15. The molecule has 14 heavy (non-hydrogen) atoms. The first-order valence-electron chi connectivity index (χ1n) is 3.77. The second-order valence-corrected chi connectivity index (χ2v) is 4.09. The van der Waals surface area contributed by atoms with Crippen molar-refractivity contribution in [3.8, 4) is 0 Å². The summed E-state index contributed by atoms with van der Waals surface area (Å²) >= 11 is 0. The lowest BCUT2D eigenvalue weighted by Crippen LogP contribution is -2.28. The molecular weight excluding hydrogens is 216 g/mol. The lowest BCUT2D eigenvalue weighted by Gasteiger charge is -2.09. The molecule has 0 heterocycles. The number of carboxylic acids is 1. The molecule has 7 nitrogen and oxygen atoms in total. The molecule has 0 aromatic carbocycles. The average Bonchev–Trinajstić information content (AvgIpc) is 2.01. The molecule has 1 unspecified atom stereocenters. The number of aliphatic carboxylic acids is 1. The van der Waals surface area contributed by atoms with Crippen LogP contribution >= 0.6 is 0 Å². The van der Waals surface area contributed by atoms with Gasteiger partial charge in [-0.1, -0.05) is 0 Å². The summed E-state index contributed by atoms with van der Waals surface area (Å²) < 4.78 is 33.4. The number of ether oxygens (including phenoxy) is 1. The molecule has 0 aliphatic heterocycles. The van der Waals surface area contributed by atoms with Crippen LogP contribution in [-0.2, 0) is 19.6 Å². The van der Waals surface area contributed by atoms with Crippen LogP contribution in [0.3, 0.4) is 0 Å². The van der Waals surface area contributed by atoms with E-state index in [0.717, 1.165) is 0 Å². The predicted molar refractivity (Wildman–Crippen MR) is 45.5 cm³/mol. The topological polar surface area (TPSA) is 121 Å². The number of rotatable bonds is 7. The summed E-state index contributed by atoms with van der Waals surface area (Å²) in [6.45, 7) is -0.835. The average molecular weight is 228 g/mol. The SMILES string of the molecule is O=C(O)C(CO)OCCCS(=O)(=O)O. The Kier molecular flexibility index (Phi) is 5.62. The highest BCUT2D eigenvalue weighted by molar-refractivity contribution is 7.85. The summed E-state index contributed by atoms with van der Waals surface area (Å²) in [7, 11) is -4.04. The third-order valence-corrected chi connectivity index (χ3v) is 2.11. The van der Waals surface area contributed by atoms with Crippen LogP contribution in [0.1, 0.15) is 6.42 Å². The normalized spacial score (nSPS) is 13.9. The highest BCUT2D eigenvalue weighted by Crippen LogP contribution is 1.95. The Balaban J connectivity index is 3.68. The lowest BCUT2D eigenvalue weighted by atomic mass is 10.4. The van der Waals surface area contributed by atoms with Gasteiger partial charge < -0.3 is 14.9 Å². The van der Waals surface area contributed by atoms with E-state index in [1.54, 1.807) is 0 Å². The van der Waals surface area contributed by atoms with Crippen LogP contribution in [0.4, 0.5) is 0 Å². The van der Waals surface area contributed by atoms with Crippen molar-refractivity contribution in [2.75, 3.05) is 19.0 Å². The zero-order valence-corrected chi connectivity index (χ0v) is 8.11. The van der Waals surface area contributed by atoms with Crippen molar-refractivity contribution in [3.63, 3.8) is 0 Å². The predicted octanol–water partition coefficient (Wildman–Crippen LogP) is -1.27. The van der Waals surface area contributed by atoms with Gasteiger partial charge in [-0.25, -0.2) is 4.79 Å². The van der Waals surface area contributed by atoms with Gasteiger partial charge in [0.1, 0.15) is 0 Å². The van der Waals surface area contributed by atoms with E-state index in [1.165, 1.54) is 0 Å². The summed E-state index contributed by atoms with van der Waals surface area (Å²) in [5, 5.41) is 16.9. The summed E-state index contributed by atoms with van der Waals surface area (Å²) in [5.41, 5.74) is 0. The Labute approximate surface area is 81.1 Å². The fourth-order valence-electron chi connectivity index (χ4n) is 0.669. The third kappa shape index (κ3) is 6.78. The Morgan fingerprint density at radius 1 is 1.43 bits per heavy atom. The minimum absolute atomic E-state index is 0.0252. The highest BCUT2D eigenvalue weighted by atomic mass is 32.2. The van der Waals surface area contributed by atoms with Crippen LogP contribution in [0.15, 0.2) is 0 Å². The first kappa shape index (κ1) is 13.3. The van der Waals surface area contributed by atoms with Gasteiger partial charge in [0.2, 0.25) is 0 Å². The van der Waals surface area contributed by atoms with Crippen molar-refractivity contribution in [3.05, 3.63) is 0 Å². The Morgan fingerprint density at radius 3 is 2.36 bits per heavy atom. The second-order valence-electron chi connectivity index (χ2n) is 2.52. The van der Waals surface area contributed by atoms with E-state index in [0.29, 0.717) is 0 Å². The van der Waals surface area contributed by atoms with Gasteiger partial charge >= 0.3 is 5.97 Å².